The molecule has 12 heavy (non-hydrogen) atoms. The first-order valence-corrected chi connectivity index (χ1v) is 3.60. The van der Waals surface area contributed by atoms with Crippen LogP contribution in [0.5, 0.6) is 0 Å². The number of carboxylic acids is 1. The minimum atomic E-state index is -1.00. The molecule has 3 nitrogen and oxygen atoms in total. The fraction of sp³-hybridized carbons (Fsp3) is 0. The van der Waals surface area contributed by atoms with Crippen molar-refractivity contribution in [3.63, 3.8) is 0 Å². The van der Waals surface area contributed by atoms with Crippen LogP contribution in [0.4, 0.5) is 0 Å². The van der Waals surface area contributed by atoms with Gasteiger partial charge in [0.1, 0.15) is 5.15 Å². The molecule has 1 rings (SSSR count). The van der Waals surface area contributed by atoms with E-state index < -0.39 is 5.97 Å². The van der Waals surface area contributed by atoms with Crippen LogP contribution >= 0.6 is 11.6 Å². The highest BCUT2D eigenvalue weighted by molar-refractivity contribution is 6.29. The summed E-state index contributed by atoms with van der Waals surface area (Å²) < 4.78 is 0. The van der Waals surface area contributed by atoms with E-state index in [0.29, 0.717) is 10.8 Å². The Morgan fingerprint density at radius 2 is 2.33 bits per heavy atom. The van der Waals surface area contributed by atoms with E-state index in [1.807, 2.05) is 0 Å². The Hall–Kier alpha value is -1.35. The van der Waals surface area contributed by atoms with E-state index in [-0.39, 0.29) is 0 Å². The van der Waals surface area contributed by atoms with Gasteiger partial charge in [-0.2, -0.15) is 0 Å². The Kier molecular flexibility index (Phi) is 2.82. The van der Waals surface area contributed by atoms with Gasteiger partial charge in [-0.25, -0.2) is 9.78 Å². The number of carbonyl (C=O) groups is 1. The smallest absolute Gasteiger partial charge is 0.328 e. The van der Waals surface area contributed by atoms with Gasteiger partial charge in [-0.05, 0) is 18.2 Å². The predicted molar refractivity (Wildman–Crippen MR) is 45.9 cm³/mol. The lowest BCUT2D eigenvalue weighted by atomic mass is 10.3. The summed E-state index contributed by atoms with van der Waals surface area (Å²) in [5.74, 6) is -1.00. The molecule has 0 aliphatic carbocycles. The molecular formula is C8H6ClNO2. The molecule has 0 unspecified atom stereocenters. The molecule has 0 aliphatic heterocycles. The zero-order valence-corrected chi connectivity index (χ0v) is 6.82. The van der Waals surface area contributed by atoms with Crippen molar-refractivity contribution in [3.05, 3.63) is 35.1 Å². The molecule has 0 radical (unpaired) electrons. The summed E-state index contributed by atoms with van der Waals surface area (Å²) in [6.07, 6.45) is 2.40. The Morgan fingerprint density at radius 1 is 1.58 bits per heavy atom. The van der Waals surface area contributed by atoms with Crippen LogP contribution in [0.15, 0.2) is 24.3 Å². The summed E-state index contributed by atoms with van der Waals surface area (Å²) in [6, 6.07) is 5.00. The Balaban J connectivity index is 2.83. The number of hydrogen-bond acceptors (Lipinski definition) is 2. The van der Waals surface area contributed by atoms with Crippen LogP contribution in [0.1, 0.15) is 5.69 Å². The van der Waals surface area contributed by atoms with Crippen LogP contribution in [0.2, 0.25) is 5.15 Å². The van der Waals surface area contributed by atoms with Gasteiger partial charge in [0.2, 0.25) is 0 Å². The third-order valence-electron chi connectivity index (χ3n) is 1.13. The van der Waals surface area contributed by atoms with Gasteiger partial charge in [-0.1, -0.05) is 17.7 Å². The Labute approximate surface area is 74.3 Å². The second-order valence-electron chi connectivity index (χ2n) is 2.06. The summed E-state index contributed by atoms with van der Waals surface area (Å²) in [6.45, 7) is 0. The van der Waals surface area contributed by atoms with Crippen LogP contribution in [0.3, 0.4) is 0 Å². The molecule has 62 valence electrons. The summed E-state index contributed by atoms with van der Waals surface area (Å²) in [7, 11) is 0. The highest BCUT2D eigenvalue weighted by Crippen LogP contribution is 2.05. The number of nitrogens with zero attached hydrogens (tertiary/aromatic N) is 1. The maximum atomic E-state index is 10.1. The van der Waals surface area contributed by atoms with Gasteiger partial charge in [-0.3, -0.25) is 0 Å². The molecule has 0 aromatic carbocycles. The highest BCUT2D eigenvalue weighted by atomic mass is 35.5. The molecule has 1 heterocycles. The lowest BCUT2D eigenvalue weighted by Gasteiger charge is -1.91. The van der Waals surface area contributed by atoms with E-state index in [9.17, 15) is 4.79 Å². The lowest BCUT2D eigenvalue weighted by molar-refractivity contribution is -0.131. The second kappa shape index (κ2) is 3.88. The standard InChI is InChI=1S/C8H6ClNO2/c9-7-3-1-2-6(10-7)4-5-8(11)12/h1-5H,(H,11,12). The fourth-order valence-electron chi connectivity index (χ4n) is 0.673. The summed E-state index contributed by atoms with van der Waals surface area (Å²) in [5.41, 5.74) is 0.532. The molecular weight excluding hydrogens is 178 g/mol. The molecule has 4 heteroatoms. The molecule has 0 amide bonds. The van der Waals surface area contributed by atoms with Gasteiger partial charge in [0.05, 0.1) is 5.69 Å². The van der Waals surface area contributed by atoms with E-state index in [2.05, 4.69) is 4.98 Å². The van der Waals surface area contributed by atoms with Crippen LogP contribution in [0.25, 0.3) is 6.08 Å². The molecule has 0 bridgehead atoms. The number of halogens is 1. The predicted octanol–water partition coefficient (Wildman–Crippen LogP) is 1.83. The largest absolute Gasteiger partial charge is 0.478 e. The monoisotopic (exact) mass is 183 g/mol. The zero-order chi connectivity index (χ0) is 8.97. The molecule has 0 spiro atoms. The fourth-order valence-corrected chi connectivity index (χ4v) is 0.844. The molecule has 1 N–H and O–H groups in total. The molecule has 0 atom stereocenters. The van der Waals surface area contributed by atoms with Crippen molar-refractivity contribution in [3.8, 4) is 0 Å². The zero-order valence-electron chi connectivity index (χ0n) is 6.07. The van der Waals surface area contributed by atoms with Crippen molar-refractivity contribution in [2.75, 3.05) is 0 Å². The minimum Gasteiger partial charge on any atom is -0.478 e. The van der Waals surface area contributed by atoms with Gasteiger partial charge in [-0.15, -0.1) is 0 Å². The molecule has 0 saturated heterocycles. The normalized spacial score (nSPS) is 10.4. The topological polar surface area (TPSA) is 50.2 Å². The van der Waals surface area contributed by atoms with Crippen molar-refractivity contribution in [2.24, 2.45) is 0 Å². The van der Waals surface area contributed by atoms with Crippen molar-refractivity contribution in [2.45, 2.75) is 0 Å². The van der Waals surface area contributed by atoms with Crippen molar-refractivity contribution in [1.29, 1.82) is 0 Å². The maximum Gasteiger partial charge on any atom is 0.328 e. The van der Waals surface area contributed by atoms with E-state index in [1.165, 1.54) is 6.08 Å². The van der Waals surface area contributed by atoms with Gasteiger partial charge in [0, 0.05) is 6.08 Å². The van der Waals surface area contributed by atoms with E-state index in [4.69, 9.17) is 16.7 Å². The van der Waals surface area contributed by atoms with Gasteiger partial charge < -0.3 is 5.11 Å². The molecule has 1 aromatic rings. The van der Waals surface area contributed by atoms with Crippen molar-refractivity contribution >= 4 is 23.6 Å². The van der Waals surface area contributed by atoms with Crippen molar-refractivity contribution < 1.29 is 9.90 Å². The summed E-state index contributed by atoms with van der Waals surface area (Å²) in [4.78, 5) is 14.0. The number of rotatable bonds is 2. The van der Waals surface area contributed by atoms with Gasteiger partial charge in [0.25, 0.3) is 0 Å². The average Bonchev–Trinajstić information content (AvgIpc) is 2.01. The van der Waals surface area contributed by atoms with Crippen LogP contribution < -0.4 is 0 Å². The second-order valence-corrected chi connectivity index (χ2v) is 2.44. The third-order valence-corrected chi connectivity index (χ3v) is 1.34. The van der Waals surface area contributed by atoms with Gasteiger partial charge >= 0.3 is 5.97 Å². The first-order chi connectivity index (χ1) is 5.68. The highest BCUT2D eigenvalue weighted by Gasteiger charge is 1.91. The number of aliphatic carboxylic acids is 1. The first-order valence-electron chi connectivity index (χ1n) is 3.22. The number of hydrogen-bond donors (Lipinski definition) is 1. The summed E-state index contributed by atoms with van der Waals surface area (Å²) >= 11 is 5.57. The lowest BCUT2D eigenvalue weighted by Crippen LogP contribution is -1.87. The maximum absolute atomic E-state index is 10.1. The van der Waals surface area contributed by atoms with Crippen LogP contribution in [-0.4, -0.2) is 16.1 Å². The molecule has 0 aliphatic rings. The Morgan fingerprint density at radius 3 is 2.92 bits per heavy atom. The quantitative estimate of drug-likeness (QED) is 0.562. The van der Waals surface area contributed by atoms with E-state index in [1.54, 1.807) is 18.2 Å². The van der Waals surface area contributed by atoms with Crippen molar-refractivity contribution in [1.82, 2.24) is 4.98 Å². The molecule has 0 fully saturated rings. The minimum absolute atomic E-state index is 0.350. The summed E-state index contributed by atoms with van der Waals surface area (Å²) in [5, 5.41) is 8.65. The number of carboxylic acid groups (broad SMARTS) is 1. The SMILES string of the molecule is O=C(O)C=Cc1cccc(Cl)n1. The average molecular weight is 184 g/mol. The number of aromatic nitrogens is 1. The van der Waals surface area contributed by atoms with E-state index in [0.717, 1.165) is 6.08 Å². The number of pyridine rings is 1. The van der Waals surface area contributed by atoms with Gasteiger partial charge in [0.15, 0.2) is 0 Å². The van der Waals surface area contributed by atoms with E-state index >= 15 is 0 Å². The first kappa shape index (κ1) is 8.74. The van der Waals surface area contributed by atoms with Crippen LogP contribution in [0, 0.1) is 0 Å². The molecule has 1 aromatic heterocycles. The Bertz CT molecular complexity index is 323. The molecule has 0 saturated carbocycles. The van der Waals surface area contributed by atoms with Crippen LogP contribution in [-0.2, 0) is 4.79 Å². The third kappa shape index (κ3) is 2.72.